The van der Waals surface area contributed by atoms with Crippen LogP contribution in [-0.2, 0) is 16.1 Å². The van der Waals surface area contributed by atoms with E-state index in [0.717, 1.165) is 44.3 Å². The van der Waals surface area contributed by atoms with Crippen LogP contribution in [0.1, 0.15) is 31.2 Å². The Labute approximate surface area is 165 Å². The zero-order valence-electron chi connectivity index (χ0n) is 15.4. The van der Waals surface area contributed by atoms with Crippen molar-refractivity contribution in [3.63, 3.8) is 0 Å². The number of methoxy groups -OCH3 is 2. The van der Waals surface area contributed by atoms with Gasteiger partial charge in [0.25, 0.3) is 0 Å². The predicted molar refractivity (Wildman–Crippen MR) is 103 cm³/mol. The monoisotopic (exact) mass is 400 g/mol. The molecule has 144 valence electrons. The maximum absolute atomic E-state index is 13.3. The average Bonchev–Trinajstić information content (AvgIpc) is 2.99. The molecule has 2 aliphatic heterocycles. The van der Waals surface area contributed by atoms with E-state index in [1.165, 1.54) is 0 Å². The molecule has 0 saturated carbocycles. The van der Waals surface area contributed by atoms with E-state index < -0.39 is 5.54 Å². The van der Waals surface area contributed by atoms with Crippen LogP contribution in [0, 0.1) is 0 Å². The van der Waals surface area contributed by atoms with E-state index in [2.05, 4.69) is 4.90 Å². The van der Waals surface area contributed by atoms with Gasteiger partial charge in [-0.25, -0.2) is 0 Å². The van der Waals surface area contributed by atoms with Gasteiger partial charge in [0.1, 0.15) is 11.3 Å². The molecular weight excluding hydrogens is 375 g/mol. The van der Waals surface area contributed by atoms with Crippen LogP contribution in [-0.4, -0.2) is 61.7 Å². The number of likely N-dealkylation sites (tertiary alicyclic amines) is 2. The normalized spacial score (nSPS) is 23.8. The number of carbonyl (C=O) groups excluding carboxylic acids is 1. The molecule has 1 aromatic carbocycles. The molecule has 26 heavy (non-hydrogen) atoms. The molecule has 0 N–H and O–H groups in total. The molecule has 2 heterocycles. The van der Waals surface area contributed by atoms with Crippen LogP contribution in [0.15, 0.2) is 12.1 Å². The van der Waals surface area contributed by atoms with Gasteiger partial charge in [-0.15, -0.1) is 0 Å². The largest absolute Gasteiger partial charge is 0.495 e. The van der Waals surface area contributed by atoms with E-state index in [4.69, 9.17) is 32.7 Å². The summed E-state index contributed by atoms with van der Waals surface area (Å²) in [6.07, 6.45) is 3.82. The van der Waals surface area contributed by atoms with Gasteiger partial charge in [0.15, 0.2) is 0 Å². The van der Waals surface area contributed by atoms with E-state index >= 15 is 0 Å². The minimum atomic E-state index is -0.425. The zero-order chi connectivity index (χ0) is 18.7. The van der Waals surface area contributed by atoms with E-state index in [1.807, 2.05) is 11.0 Å². The van der Waals surface area contributed by atoms with Gasteiger partial charge in [0, 0.05) is 37.3 Å². The summed E-state index contributed by atoms with van der Waals surface area (Å²) >= 11 is 12.5. The molecule has 1 aromatic rings. The van der Waals surface area contributed by atoms with Gasteiger partial charge in [0.05, 0.1) is 18.7 Å². The summed E-state index contributed by atoms with van der Waals surface area (Å²) in [6, 6.07) is 3.57. The van der Waals surface area contributed by atoms with Crippen molar-refractivity contribution in [3.05, 3.63) is 27.7 Å². The van der Waals surface area contributed by atoms with Crippen molar-refractivity contribution in [2.24, 2.45) is 0 Å². The molecule has 0 aromatic heterocycles. The van der Waals surface area contributed by atoms with Gasteiger partial charge < -0.3 is 14.4 Å². The molecule has 5 nitrogen and oxygen atoms in total. The maximum Gasteiger partial charge on any atom is 0.243 e. The standard InChI is InChI=1S/C19H26Cl2N2O3/c1-25-10-9-22-7-3-5-19(18(22)24)6-4-8-23(19)13-14-11-15(20)12-16(21)17(14)26-2/h11-12H,3-10,13H2,1-2H3. The molecular formula is C19H26Cl2N2O3. The van der Waals surface area contributed by atoms with Crippen molar-refractivity contribution >= 4 is 29.1 Å². The van der Waals surface area contributed by atoms with Gasteiger partial charge in [-0.3, -0.25) is 9.69 Å². The number of hydrogen-bond donors (Lipinski definition) is 0. The van der Waals surface area contributed by atoms with Crippen LogP contribution in [0.2, 0.25) is 10.0 Å². The second-order valence-electron chi connectivity index (χ2n) is 7.03. The highest BCUT2D eigenvalue weighted by atomic mass is 35.5. The fraction of sp³-hybridized carbons (Fsp3) is 0.632. The lowest BCUT2D eigenvalue weighted by atomic mass is 9.85. The van der Waals surface area contributed by atoms with Gasteiger partial charge in [-0.05, 0) is 44.4 Å². The molecule has 2 fully saturated rings. The van der Waals surface area contributed by atoms with Crippen molar-refractivity contribution in [1.29, 1.82) is 0 Å². The number of piperidine rings is 1. The first-order valence-electron chi connectivity index (χ1n) is 9.07. The molecule has 1 spiro atoms. The number of hydrogen-bond acceptors (Lipinski definition) is 4. The van der Waals surface area contributed by atoms with E-state index in [-0.39, 0.29) is 5.91 Å². The predicted octanol–water partition coefficient (Wildman–Crippen LogP) is 3.61. The lowest BCUT2D eigenvalue weighted by Crippen LogP contribution is -2.60. The molecule has 2 saturated heterocycles. The lowest BCUT2D eigenvalue weighted by Gasteiger charge is -2.44. The lowest BCUT2D eigenvalue weighted by molar-refractivity contribution is -0.148. The number of amides is 1. The Bertz CT molecular complexity index is 670. The quantitative estimate of drug-likeness (QED) is 0.731. The molecule has 7 heteroatoms. The summed E-state index contributed by atoms with van der Waals surface area (Å²) in [7, 11) is 3.28. The Morgan fingerprint density at radius 1 is 1.15 bits per heavy atom. The maximum atomic E-state index is 13.3. The summed E-state index contributed by atoms with van der Waals surface area (Å²) in [5, 5.41) is 1.08. The molecule has 1 amide bonds. The van der Waals surface area contributed by atoms with Crippen molar-refractivity contribution < 1.29 is 14.3 Å². The summed E-state index contributed by atoms with van der Waals surface area (Å²) < 4.78 is 10.7. The number of carbonyl (C=O) groups is 1. The summed E-state index contributed by atoms with van der Waals surface area (Å²) in [6.45, 7) is 3.52. The molecule has 3 rings (SSSR count). The first kappa shape index (κ1) is 19.7. The Morgan fingerprint density at radius 3 is 2.58 bits per heavy atom. The minimum Gasteiger partial charge on any atom is -0.495 e. The fourth-order valence-electron chi connectivity index (χ4n) is 4.34. The smallest absolute Gasteiger partial charge is 0.243 e. The number of benzene rings is 1. The number of nitrogens with zero attached hydrogens (tertiary/aromatic N) is 2. The highest BCUT2D eigenvalue weighted by Gasteiger charge is 2.50. The van der Waals surface area contributed by atoms with E-state index in [9.17, 15) is 4.79 Å². The van der Waals surface area contributed by atoms with Crippen LogP contribution >= 0.6 is 23.2 Å². The Hall–Kier alpha value is -1.01. The van der Waals surface area contributed by atoms with Crippen molar-refractivity contribution in [2.75, 3.05) is 40.5 Å². The molecule has 0 aliphatic carbocycles. The van der Waals surface area contributed by atoms with E-state index in [1.54, 1.807) is 20.3 Å². The Kier molecular flexibility index (Phi) is 6.33. The SMILES string of the molecule is COCCN1CCCC2(CCCN2Cc2cc(Cl)cc(Cl)c2OC)C1=O. The highest BCUT2D eigenvalue weighted by molar-refractivity contribution is 6.35. The molecule has 0 bridgehead atoms. The molecule has 0 radical (unpaired) electrons. The Balaban J connectivity index is 1.85. The Morgan fingerprint density at radius 2 is 1.88 bits per heavy atom. The van der Waals surface area contributed by atoms with Crippen molar-refractivity contribution in [3.8, 4) is 5.75 Å². The van der Waals surface area contributed by atoms with Crippen molar-refractivity contribution in [2.45, 2.75) is 37.8 Å². The third-order valence-corrected chi connectivity index (χ3v) is 6.04. The second kappa shape index (κ2) is 8.34. The van der Waals surface area contributed by atoms with Crippen LogP contribution in [0.25, 0.3) is 0 Å². The third kappa shape index (κ3) is 3.68. The van der Waals surface area contributed by atoms with Gasteiger partial charge in [0.2, 0.25) is 5.91 Å². The summed E-state index contributed by atoms with van der Waals surface area (Å²) in [4.78, 5) is 17.5. The zero-order valence-corrected chi connectivity index (χ0v) is 16.9. The first-order valence-corrected chi connectivity index (χ1v) is 9.82. The van der Waals surface area contributed by atoms with Crippen LogP contribution in [0.5, 0.6) is 5.75 Å². The average molecular weight is 401 g/mol. The molecule has 1 unspecified atom stereocenters. The van der Waals surface area contributed by atoms with Crippen LogP contribution < -0.4 is 4.74 Å². The number of rotatable bonds is 6. The fourth-order valence-corrected chi connectivity index (χ4v) is 4.95. The summed E-state index contributed by atoms with van der Waals surface area (Å²) in [5.74, 6) is 0.864. The summed E-state index contributed by atoms with van der Waals surface area (Å²) in [5.41, 5.74) is 0.499. The van der Waals surface area contributed by atoms with Gasteiger partial charge in [-0.2, -0.15) is 0 Å². The van der Waals surface area contributed by atoms with Crippen LogP contribution in [0.4, 0.5) is 0 Å². The third-order valence-electron chi connectivity index (χ3n) is 5.54. The number of halogens is 2. The van der Waals surface area contributed by atoms with Crippen molar-refractivity contribution in [1.82, 2.24) is 9.80 Å². The molecule has 1 atom stereocenters. The topological polar surface area (TPSA) is 42.0 Å². The van der Waals surface area contributed by atoms with Gasteiger partial charge >= 0.3 is 0 Å². The second-order valence-corrected chi connectivity index (χ2v) is 7.87. The van der Waals surface area contributed by atoms with Gasteiger partial charge in [-0.1, -0.05) is 23.2 Å². The number of ether oxygens (including phenoxy) is 2. The van der Waals surface area contributed by atoms with E-state index in [0.29, 0.717) is 35.5 Å². The minimum absolute atomic E-state index is 0.227. The first-order chi connectivity index (χ1) is 12.5. The molecule has 2 aliphatic rings. The van der Waals surface area contributed by atoms with Crippen LogP contribution in [0.3, 0.4) is 0 Å². The highest BCUT2D eigenvalue weighted by Crippen LogP contribution is 2.41.